The molecule has 1 aliphatic heterocycles. The molecule has 20 heavy (non-hydrogen) atoms. The lowest BCUT2D eigenvalue weighted by Crippen LogP contribution is -2.58. The molecule has 0 unspecified atom stereocenters. The first kappa shape index (κ1) is 14.8. The molecule has 0 aliphatic carbocycles. The molecule has 2 rings (SSSR count). The van der Waals surface area contributed by atoms with Crippen LogP contribution in [0, 0.1) is 10.1 Å². The summed E-state index contributed by atoms with van der Waals surface area (Å²) in [5.41, 5.74) is 0.740. The van der Waals surface area contributed by atoms with Crippen molar-refractivity contribution in [1.29, 1.82) is 0 Å². The number of hydrogen-bond donors (Lipinski definition) is 1. The van der Waals surface area contributed by atoms with Gasteiger partial charge in [-0.2, -0.15) is 5.10 Å². The van der Waals surface area contributed by atoms with Crippen LogP contribution in [-0.4, -0.2) is 40.4 Å². The molecule has 1 N–H and O–H groups in total. The van der Waals surface area contributed by atoms with Gasteiger partial charge in [0.05, 0.1) is 11.0 Å². The fraction of sp³-hybridized carbons (Fsp3) is 0.769. The van der Waals surface area contributed by atoms with E-state index in [9.17, 15) is 10.1 Å². The van der Waals surface area contributed by atoms with Gasteiger partial charge < -0.3 is 10.2 Å². The van der Waals surface area contributed by atoms with E-state index in [-0.39, 0.29) is 16.5 Å². The van der Waals surface area contributed by atoms with Crippen molar-refractivity contribution < 1.29 is 4.92 Å². The summed E-state index contributed by atoms with van der Waals surface area (Å²) >= 11 is 0. The van der Waals surface area contributed by atoms with E-state index in [0.717, 1.165) is 26.1 Å². The molecular formula is C13H23N5O2. The highest BCUT2D eigenvalue weighted by Crippen LogP contribution is 2.36. The second kappa shape index (κ2) is 5.78. The Balaban J connectivity index is 2.49. The minimum Gasteiger partial charge on any atom is -0.346 e. The summed E-state index contributed by atoms with van der Waals surface area (Å²) in [5.74, 6) is 0.686. The fourth-order valence-electron chi connectivity index (χ4n) is 2.61. The van der Waals surface area contributed by atoms with E-state index in [2.05, 4.69) is 22.2 Å². The Morgan fingerprint density at radius 2 is 2.20 bits per heavy atom. The molecule has 0 atom stereocenters. The van der Waals surface area contributed by atoms with Crippen molar-refractivity contribution in [3.8, 4) is 0 Å². The van der Waals surface area contributed by atoms with Gasteiger partial charge in [-0.1, -0.05) is 20.8 Å². The van der Waals surface area contributed by atoms with E-state index in [1.165, 1.54) is 0 Å². The highest BCUT2D eigenvalue weighted by atomic mass is 16.6. The van der Waals surface area contributed by atoms with Crippen molar-refractivity contribution in [3.63, 3.8) is 0 Å². The lowest BCUT2D eigenvalue weighted by molar-refractivity contribution is -0.385. The lowest BCUT2D eigenvalue weighted by atomic mass is 10.1. The number of nitrogens with one attached hydrogen (secondary N) is 1. The summed E-state index contributed by atoms with van der Waals surface area (Å²) in [6.07, 6.45) is 0.954. The molecule has 0 aromatic carbocycles. The van der Waals surface area contributed by atoms with E-state index in [0.29, 0.717) is 17.6 Å². The summed E-state index contributed by atoms with van der Waals surface area (Å²) < 4.78 is 1.67. The van der Waals surface area contributed by atoms with Crippen LogP contribution in [0.15, 0.2) is 0 Å². The van der Waals surface area contributed by atoms with E-state index >= 15 is 0 Å². The largest absolute Gasteiger partial charge is 0.346 e. The number of anilines is 1. The SMILES string of the molecule is CCCN(c1c([N+](=O)[O-])c(C(C)C)nn1C)C1CNC1. The number of rotatable bonds is 6. The van der Waals surface area contributed by atoms with Gasteiger partial charge in [-0.15, -0.1) is 0 Å². The molecule has 0 spiro atoms. The van der Waals surface area contributed by atoms with Crippen molar-refractivity contribution in [1.82, 2.24) is 15.1 Å². The van der Waals surface area contributed by atoms with Gasteiger partial charge >= 0.3 is 5.69 Å². The number of aryl methyl sites for hydroxylation is 1. The van der Waals surface area contributed by atoms with Crippen LogP contribution < -0.4 is 10.2 Å². The predicted octanol–water partition coefficient (Wildman–Crippen LogP) is 1.64. The zero-order chi connectivity index (χ0) is 14.9. The molecule has 0 amide bonds. The Morgan fingerprint density at radius 3 is 2.60 bits per heavy atom. The second-order valence-electron chi connectivity index (χ2n) is 5.60. The molecule has 1 saturated heterocycles. The van der Waals surface area contributed by atoms with Crippen LogP contribution >= 0.6 is 0 Å². The van der Waals surface area contributed by atoms with Gasteiger partial charge in [-0.25, -0.2) is 4.68 Å². The van der Waals surface area contributed by atoms with Gasteiger partial charge in [0, 0.05) is 32.6 Å². The maximum Gasteiger partial charge on any atom is 0.334 e. The molecule has 7 nitrogen and oxygen atoms in total. The van der Waals surface area contributed by atoms with Crippen molar-refractivity contribution >= 4 is 11.5 Å². The minimum atomic E-state index is -0.285. The van der Waals surface area contributed by atoms with Crippen LogP contribution in [0.2, 0.25) is 0 Å². The van der Waals surface area contributed by atoms with Gasteiger partial charge in [0.15, 0.2) is 0 Å². The van der Waals surface area contributed by atoms with Crippen LogP contribution in [0.3, 0.4) is 0 Å². The van der Waals surface area contributed by atoms with Crippen LogP contribution in [0.1, 0.15) is 38.8 Å². The summed E-state index contributed by atoms with van der Waals surface area (Å²) in [6.45, 7) is 8.52. The van der Waals surface area contributed by atoms with Crippen LogP contribution in [-0.2, 0) is 7.05 Å². The number of hydrogen-bond acceptors (Lipinski definition) is 5. The Labute approximate surface area is 119 Å². The summed E-state index contributed by atoms with van der Waals surface area (Å²) in [6, 6.07) is 0.323. The summed E-state index contributed by atoms with van der Waals surface area (Å²) in [5, 5.41) is 19.1. The smallest absolute Gasteiger partial charge is 0.334 e. The Morgan fingerprint density at radius 1 is 1.55 bits per heavy atom. The molecule has 1 aromatic heterocycles. The number of nitrogens with zero attached hydrogens (tertiary/aromatic N) is 4. The first-order valence-electron chi connectivity index (χ1n) is 7.16. The van der Waals surface area contributed by atoms with E-state index in [4.69, 9.17) is 0 Å². The first-order valence-corrected chi connectivity index (χ1v) is 7.16. The fourth-order valence-corrected chi connectivity index (χ4v) is 2.61. The average Bonchev–Trinajstić information content (AvgIpc) is 2.64. The highest BCUT2D eigenvalue weighted by Gasteiger charge is 2.35. The van der Waals surface area contributed by atoms with Gasteiger partial charge in [-0.3, -0.25) is 10.1 Å². The third kappa shape index (κ3) is 2.49. The van der Waals surface area contributed by atoms with E-state index in [1.807, 2.05) is 13.8 Å². The highest BCUT2D eigenvalue weighted by molar-refractivity contribution is 5.63. The van der Waals surface area contributed by atoms with Gasteiger partial charge in [0.2, 0.25) is 5.82 Å². The molecule has 1 aliphatic rings. The first-order chi connectivity index (χ1) is 9.47. The zero-order valence-electron chi connectivity index (χ0n) is 12.6. The molecule has 1 aromatic rings. The molecular weight excluding hydrogens is 258 g/mol. The quantitative estimate of drug-likeness (QED) is 0.633. The standard InChI is InChI=1S/C13H23N5O2/c1-5-6-17(10-7-14-8-10)13-12(18(19)20)11(9(2)3)15-16(13)4/h9-10,14H,5-8H2,1-4H3. The van der Waals surface area contributed by atoms with E-state index in [1.54, 1.807) is 11.7 Å². The number of aromatic nitrogens is 2. The lowest BCUT2D eigenvalue weighted by Gasteiger charge is -2.38. The maximum atomic E-state index is 11.5. The third-order valence-electron chi connectivity index (χ3n) is 3.69. The molecule has 112 valence electrons. The second-order valence-corrected chi connectivity index (χ2v) is 5.60. The van der Waals surface area contributed by atoms with Crippen molar-refractivity contribution in [3.05, 3.63) is 15.8 Å². The van der Waals surface area contributed by atoms with Crippen LogP contribution in [0.5, 0.6) is 0 Å². The average molecular weight is 281 g/mol. The molecule has 7 heteroatoms. The van der Waals surface area contributed by atoms with Gasteiger partial charge in [0.1, 0.15) is 5.69 Å². The monoisotopic (exact) mass is 281 g/mol. The van der Waals surface area contributed by atoms with E-state index < -0.39 is 0 Å². The Bertz CT molecular complexity index is 493. The molecule has 0 bridgehead atoms. The maximum absolute atomic E-state index is 11.5. The summed E-state index contributed by atoms with van der Waals surface area (Å²) in [4.78, 5) is 13.4. The Kier molecular flexibility index (Phi) is 4.27. The summed E-state index contributed by atoms with van der Waals surface area (Å²) in [7, 11) is 1.79. The molecule has 0 radical (unpaired) electrons. The predicted molar refractivity (Wildman–Crippen MR) is 78.2 cm³/mol. The van der Waals surface area contributed by atoms with Crippen molar-refractivity contribution in [2.75, 3.05) is 24.5 Å². The molecule has 1 fully saturated rings. The number of nitro groups is 1. The van der Waals surface area contributed by atoms with Crippen molar-refractivity contribution in [2.45, 2.75) is 39.2 Å². The van der Waals surface area contributed by atoms with Gasteiger partial charge in [-0.05, 0) is 6.42 Å². The van der Waals surface area contributed by atoms with Gasteiger partial charge in [0.25, 0.3) is 0 Å². The Hall–Kier alpha value is -1.63. The van der Waals surface area contributed by atoms with Crippen LogP contribution in [0.25, 0.3) is 0 Å². The topological polar surface area (TPSA) is 76.2 Å². The molecule has 0 saturated carbocycles. The zero-order valence-corrected chi connectivity index (χ0v) is 12.6. The molecule has 2 heterocycles. The third-order valence-corrected chi connectivity index (χ3v) is 3.69. The van der Waals surface area contributed by atoms with Crippen LogP contribution in [0.4, 0.5) is 11.5 Å². The van der Waals surface area contributed by atoms with Crippen molar-refractivity contribution in [2.24, 2.45) is 7.05 Å². The normalized spacial score (nSPS) is 15.4. The minimum absolute atomic E-state index is 0.0401.